The van der Waals surface area contributed by atoms with Crippen LogP contribution >= 0.6 is 0 Å². The molecule has 0 radical (unpaired) electrons. The first kappa shape index (κ1) is 21.9. The summed E-state index contributed by atoms with van der Waals surface area (Å²) in [6, 6.07) is 7.50. The number of benzene rings is 1. The Labute approximate surface area is 168 Å². The van der Waals surface area contributed by atoms with Crippen molar-refractivity contribution in [3.05, 3.63) is 24.3 Å². The van der Waals surface area contributed by atoms with Gasteiger partial charge in [0.05, 0.1) is 20.2 Å². The summed E-state index contributed by atoms with van der Waals surface area (Å²) in [5, 5.41) is 9.40. The lowest BCUT2D eigenvalue weighted by molar-refractivity contribution is -0.121. The predicted octanol–water partition coefficient (Wildman–Crippen LogP) is 2.33. The number of methoxy groups -OCH3 is 1. The third-order valence-corrected chi connectivity index (χ3v) is 4.72. The summed E-state index contributed by atoms with van der Waals surface area (Å²) in [7, 11) is 1.64. The van der Waals surface area contributed by atoms with Crippen molar-refractivity contribution in [2.45, 2.75) is 39.0 Å². The number of nitrogens with one attached hydrogen (secondary N) is 3. The average Bonchev–Trinajstić information content (AvgIpc) is 3.21. The van der Waals surface area contributed by atoms with Crippen LogP contribution in [0.15, 0.2) is 29.3 Å². The molecule has 156 valence electrons. The highest BCUT2D eigenvalue weighted by Crippen LogP contribution is 2.27. The molecule has 1 aromatic carbocycles. The van der Waals surface area contributed by atoms with E-state index in [0.29, 0.717) is 38.6 Å². The van der Waals surface area contributed by atoms with Crippen LogP contribution in [0, 0.1) is 5.92 Å². The molecule has 7 nitrogen and oxygen atoms in total. The van der Waals surface area contributed by atoms with Gasteiger partial charge < -0.3 is 25.4 Å². The summed E-state index contributed by atoms with van der Waals surface area (Å²) >= 11 is 0. The van der Waals surface area contributed by atoms with Gasteiger partial charge in [0.1, 0.15) is 18.1 Å². The summed E-state index contributed by atoms with van der Waals surface area (Å²) in [6.45, 7) is 5.06. The number of aliphatic imine (C=N–C) groups is 1. The molecule has 0 atom stereocenters. The van der Waals surface area contributed by atoms with Crippen molar-refractivity contribution in [1.82, 2.24) is 16.0 Å². The molecule has 1 fully saturated rings. The summed E-state index contributed by atoms with van der Waals surface area (Å²) in [6.07, 6.45) is 5.58. The number of carbonyl (C=O) groups excluding carboxylic acids is 1. The average molecular weight is 391 g/mol. The van der Waals surface area contributed by atoms with E-state index in [0.717, 1.165) is 24.0 Å². The van der Waals surface area contributed by atoms with Crippen LogP contribution in [0.25, 0.3) is 0 Å². The number of hydrogen-bond acceptors (Lipinski definition) is 4. The third-order valence-electron chi connectivity index (χ3n) is 4.72. The molecule has 28 heavy (non-hydrogen) atoms. The Kier molecular flexibility index (Phi) is 10.0. The van der Waals surface area contributed by atoms with Gasteiger partial charge in [-0.15, -0.1) is 0 Å². The van der Waals surface area contributed by atoms with E-state index in [-0.39, 0.29) is 5.91 Å². The largest absolute Gasteiger partial charge is 0.497 e. The molecule has 1 aliphatic carbocycles. The maximum absolute atomic E-state index is 11.9. The van der Waals surface area contributed by atoms with Gasteiger partial charge in [-0.25, -0.2) is 0 Å². The van der Waals surface area contributed by atoms with Gasteiger partial charge in [0.2, 0.25) is 5.91 Å². The fourth-order valence-corrected chi connectivity index (χ4v) is 3.26. The van der Waals surface area contributed by atoms with Crippen LogP contribution < -0.4 is 25.4 Å². The van der Waals surface area contributed by atoms with Gasteiger partial charge in [-0.2, -0.15) is 0 Å². The van der Waals surface area contributed by atoms with Gasteiger partial charge in [-0.05, 0) is 49.9 Å². The predicted molar refractivity (Wildman–Crippen MR) is 112 cm³/mol. The molecule has 1 amide bonds. The monoisotopic (exact) mass is 390 g/mol. The molecule has 1 aliphatic rings. The zero-order valence-corrected chi connectivity index (χ0v) is 17.1. The van der Waals surface area contributed by atoms with E-state index in [2.05, 4.69) is 20.9 Å². The van der Waals surface area contributed by atoms with E-state index in [9.17, 15) is 4.79 Å². The fourth-order valence-electron chi connectivity index (χ4n) is 3.26. The van der Waals surface area contributed by atoms with E-state index in [1.807, 2.05) is 31.2 Å². The number of ether oxygens (including phenoxy) is 2. The maximum Gasteiger partial charge on any atom is 0.220 e. The minimum atomic E-state index is 0.146. The highest BCUT2D eigenvalue weighted by molar-refractivity contribution is 5.80. The SMILES string of the molecule is CCNC(=NCCNC(=O)CC1CCCC1)NCCOc1ccc(OC)cc1. The molecule has 3 N–H and O–H groups in total. The fraction of sp³-hybridized carbons (Fsp3) is 0.619. The maximum atomic E-state index is 11.9. The zero-order chi connectivity index (χ0) is 20.0. The van der Waals surface area contributed by atoms with Crippen LogP contribution in [0.2, 0.25) is 0 Å². The van der Waals surface area contributed by atoms with Crippen molar-refractivity contribution in [3.8, 4) is 11.5 Å². The summed E-state index contributed by atoms with van der Waals surface area (Å²) < 4.78 is 10.8. The summed E-state index contributed by atoms with van der Waals surface area (Å²) in [4.78, 5) is 16.4. The number of hydrogen-bond donors (Lipinski definition) is 3. The number of guanidine groups is 1. The smallest absolute Gasteiger partial charge is 0.220 e. The van der Waals surface area contributed by atoms with Gasteiger partial charge in [0.25, 0.3) is 0 Å². The molecule has 0 unspecified atom stereocenters. The second-order valence-electron chi connectivity index (χ2n) is 6.92. The molecule has 0 spiro atoms. The lowest BCUT2D eigenvalue weighted by Crippen LogP contribution is -2.40. The second-order valence-corrected chi connectivity index (χ2v) is 6.92. The van der Waals surface area contributed by atoms with E-state index in [4.69, 9.17) is 9.47 Å². The van der Waals surface area contributed by atoms with E-state index >= 15 is 0 Å². The zero-order valence-electron chi connectivity index (χ0n) is 17.1. The summed E-state index contributed by atoms with van der Waals surface area (Å²) in [5.74, 6) is 3.06. The van der Waals surface area contributed by atoms with Crippen LogP contribution in [0.4, 0.5) is 0 Å². The molecule has 0 aliphatic heterocycles. The lowest BCUT2D eigenvalue weighted by Gasteiger charge is -2.13. The Morgan fingerprint density at radius 3 is 2.46 bits per heavy atom. The van der Waals surface area contributed by atoms with Crippen LogP contribution in [-0.4, -0.2) is 51.8 Å². The minimum absolute atomic E-state index is 0.146. The Bertz CT molecular complexity index is 598. The second kappa shape index (κ2) is 12.9. The van der Waals surface area contributed by atoms with Gasteiger partial charge in [-0.3, -0.25) is 9.79 Å². The van der Waals surface area contributed by atoms with E-state index in [1.165, 1.54) is 25.7 Å². The van der Waals surface area contributed by atoms with Gasteiger partial charge in [-0.1, -0.05) is 12.8 Å². The number of amides is 1. The Balaban J connectivity index is 1.61. The molecule has 1 saturated carbocycles. The summed E-state index contributed by atoms with van der Waals surface area (Å²) in [5.41, 5.74) is 0. The van der Waals surface area contributed by atoms with Crippen LogP contribution in [0.5, 0.6) is 11.5 Å². The van der Waals surface area contributed by atoms with Crippen LogP contribution in [0.3, 0.4) is 0 Å². The Morgan fingerprint density at radius 1 is 1.07 bits per heavy atom. The molecular formula is C21H34N4O3. The highest BCUT2D eigenvalue weighted by atomic mass is 16.5. The van der Waals surface area contributed by atoms with Crippen molar-refractivity contribution < 1.29 is 14.3 Å². The Morgan fingerprint density at radius 2 is 1.79 bits per heavy atom. The lowest BCUT2D eigenvalue weighted by atomic mass is 10.0. The molecule has 7 heteroatoms. The van der Waals surface area contributed by atoms with Crippen molar-refractivity contribution in [2.75, 3.05) is 39.9 Å². The molecule has 2 rings (SSSR count). The normalized spacial score (nSPS) is 14.6. The first-order chi connectivity index (χ1) is 13.7. The van der Waals surface area contributed by atoms with Crippen molar-refractivity contribution in [2.24, 2.45) is 10.9 Å². The topological polar surface area (TPSA) is 84.0 Å². The van der Waals surface area contributed by atoms with Crippen molar-refractivity contribution in [3.63, 3.8) is 0 Å². The standard InChI is InChI=1S/C21H34N4O3/c1-3-22-21(24-13-12-23-20(26)16-17-6-4-5-7-17)25-14-15-28-19-10-8-18(27-2)9-11-19/h8-11,17H,3-7,12-16H2,1-2H3,(H,23,26)(H2,22,24,25). The van der Waals surface area contributed by atoms with Gasteiger partial charge >= 0.3 is 0 Å². The van der Waals surface area contributed by atoms with Gasteiger partial charge in [0, 0.05) is 19.5 Å². The quantitative estimate of drug-likeness (QED) is 0.307. The van der Waals surface area contributed by atoms with E-state index < -0.39 is 0 Å². The van der Waals surface area contributed by atoms with Crippen molar-refractivity contribution in [1.29, 1.82) is 0 Å². The molecular weight excluding hydrogens is 356 g/mol. The number of rotatable bonds is 11. The van der Waals surface area contributed by atoms with Crippen LogP contribution in [0.1, 0.15) is 39.0 Å². The highest BCUT2D eigenvalue weighted by Gasteiger charge is 2.17. The minimum Gasteiger partial charge on any atom is -0.497 e. The number of carbonyl (C=O) groups is 1. The van der Waals surface area contributed by atoms with Crippen LogP contribution in [-0.2, 0) is 4.79 Å². The number of nitrogens with zero attached hydrogens (tertiary/aromatic N) is 1. The molecule has 1 aromatic rings. The van der Waals surface area contributed by atoms with Gasteiger partial charge in [0.15, 0.2) is 5.96 Å². The third kappa shape index (κ3) is 8.50. The Hall–Kier alpha value is -2.44. The molecule has 0 aromatic heterocycles. The first-order valence-corrected chi connectivity index (χ1v) is 10.3. The molecule has 0 bridgehead atoms. The molecule has 0 saturated heterocycles. The van der Waals surface area contributed by atoms with Crippen molar-refractivity contribution >= 4 is 11.9 Å². The molecule has 0 heterocycles. The van der Waals surface area contributed by atoms with E-state index in [1.54, 1.807) is 7.11 Å². The first-order valence-electron chi connectivity index (χ1n) is 10.3.